The largest absolute Gasteiger partial charge is 0.274 e. The van der Waals surface area contributed by atoms with Gasteiger partial charge in [-0.05, 0) is 48.0 Å². The van der Waals surface area contributed by atoms with Gasteiger partial charge >= 0.3 is 0 Å². The summed E-state index contributed by atoms with van der Waals surface area (Å²) >= 11 is 3.30. The molecular weight excluding hydrogens is 482 g/mol. The molecule has 1 atom stereocenters. The van der Waals surface area contributed by atoms with Crippen molar-refractivity contribution < 1.29 is 18.0 Å². The minimum atomic E-state index is -4.08. The van der Waals surface area contributed by atoms with Gasteiger partial charge in [0.1, 0.15) is 6.04 Å². The van der Waals surface area contributed by atoms with Gasteiger partial charge in [-0.15, -0.1) is 0 Å². The third-order valence-electron chi connectivity index (χ3n) is 4.97. The van der Waals surface area contributed by atoms with Crippen molar-refractivity contribution in [2.75, 3.05) is 4.90 Å². The molecule has 7 nitrogen and oxygen atoms in total. The summed E-state index contributed by atoms with van der Waals surface area (Å²) in [5.41, 5.74) is 1.03. The molecule has 2 amide bonds. The van der Waals surface area contributed by atoms with Gasteiger partial charge in [0.25, 0.3) is 5.91 Å². The number of pyridine rings is 1. The quantitative estimate of drug-likeness (QED) is 0.485. The van der Waals surface area contributed by atoms with Gasteiger partial charge in [0, 0.05) is 23.4 Å². The molecule has 1 unspecified atom stereocenters. The van der Waals surface area contributed by atoms with Crippen LogP contribution in [0.3, 0.4) is 0 Å². The Morgan fingerprint density at radius 2 is 1.71 bits per heavy atom. The maximum Gasteiger partial charge on any atom is 0.252 e. The Balaban J connectivity index is 1.75. The molecule has 1 saturated heterocycles. The number of benzene rings is 2. The van der Waals surface area contributed by atoms with Gasteiger partial charge in [-0.1, -0.05) is 40.2 Å². The molecule has 0 saturated carbocycles. The summed E-state index contributed by atoms with van der Waals surface area (Å²) in [4.78, 5) is 31.1. The molecule has 2 aromatic carbocycles. The monoisotopic (exact) mass is 499 g/mol. The van der Waals surface area contributed by atoms with E-state index in [1.54, 1.807) is 67.0 Å². The number of hydrogen-bond acceptors (Lipinski definition) is 5. The van der Waals surface area contributed by atoms with Crippen molar-refractivity contribution in [1.29, 1.82) is 0 Å². The highest BCUT2D eigenvalue weighted by atomic mass is 79.9. The van der Waals surface area contributed by atoms with Gasteiger partial charge in [-0.2, -0.15) is 4.31 Å². The molecule has 1 aromatic heterocycles. The van der Waals surface area contributed by atoms with Crippen LogP contribution in [-0.2, 0) is 26.2 Å². The first-order valence-corrected chi connectivity index (χ1v) is 11.7. The first-order chi connectivity index (χ1) is 14.9. The van der Waals surface area contributed by atoms with Gasteiger partial charge < -0.3 is 0 Å². The van der Waals surface area contributed by atoms with Gasteiger partial charge in [-0.3, -0.25) is 14.6 Å². The van der Waals surface area contributed by atoms with Crippen molar-refractivity contribution in [3.8, 4) is 0 Å². The molecule has 0 bridgehead atoms. The molecule has 158 valence electrons. The standard InChI is InChI=1S/C22H18BrN3O4S/c23-17-8-10-19(11-9-17)31(29,30)25(15-16-5-4-12-24-14-16)20-13-21(27)26(22(20)28)18-6-2-1-3-7-18/h1-12,14,20H,13,15H2. The second-order valence-electron chi connectivity index (χ2n) is 6.99. The van der Waals surface area contributed by atoms with Gasteiger partial charge in [0.05, 0.1) is 17.0 Å². The first kappa shape index (κ1) is 21.4. The number of para-hydroxylation sites is 1. The van der Waals surface area contributed by atoms with Crippen molar-refractivity contribution in [1.82, 2.24) is 9.29 Å². The summed E-state index contributed by atoms with van der Waals surface area (Å²) in [6.07, 6.45) is 2.89. The highest BCUT2D eigenvalue weighted by Gasteiger charge is 2.46. The van der Waals surface area contributed by atoms with Crippen LogP contribution in [-0.4, -0.2) is 35.6 Å². The number of sulfonamides is 1. The van der Waals surface area contributed by atoms with E-state index in [0.29, 0.717) is 11.3 Å². The number of carbonyl (C=O) groups is 2. The minimum absolute atomic E-state index is 0.0398. The lowest BCUT2D eigenvalue weighted by Gasteiger charge is -2.27. The molecule has 3 aromatic rings. The van der Waals surface area contributed by atoms with Crippen molar-refractivity contribution in [3.05, 3.63) is 89.2 Å². The van der Waals surface area contributed by atoms with Crippen LogP contribution in [0.25, 0.3) is 0 Å². The maximum absolute atomic E-state index is 13.5. The van der Waals surface area contributed by atoms with Crippen LogP contribution < -0.4 is 4.90 Å². The molecule has 4 rings (SSSR count). The normalized spacial score (nSPS) is 16.8. The Morgan fingerprint density at radius 3 is 2.35 bits per heavy atom. The summed E-state index contributed by atoms with van der Waals surface area (Å²) < 4.78 is 28.9. The highest BCUT2D eigenvalue weighted by molar-refractivity contribution is 9.10. The summed E-state index contributed by atoms with van der Waals surface area (Å²) in [5.74, 6) is -1.01. The zero-order valence-electron chi connectivity index (χ0n) is 16.3. The zero-order valence-corrected chi connectivity index (χ0v) is 18.7. The van der Waals surface area contributed by atoms with E-state index in [-0.39, 0.29) is 17.9 Å². The van der Waals surface area contributed by atoms with E-state index >= 15 is 0 Å². The van der Waals surface area contributed by atoms with Crippen LogP contribution >= 0.6 is 15.9 Å². The Bertz CT molecular complexity index is 1200. The molecule has 0 N–H and O–H groups in total. The number of halogens is 1. The Labute approximate surface area is 188 Å². The summed E-state index contributed by atoms with van der Waals surface area (Å²) in [7, 11) is -4.08. The third-order valence-corrected chi connectivity index (χ3v) is 7.36. The second kappa shape index (κ2) is 8.70. The van der Waals surface area contributed by atoms with Crippen LogP contribution in [0.1, 0.15) is 12.0 Å². The summed E-state index contributed by atoms with van der Waals surface area (Å²) in [5, 5.41) is 0. The van der Waals surface area contributed by atoms with E-state index < -0.39 is 27.9 Å². The van der Waals surface area contributed by atoms with E-state index in [1.807, 2.05) is 0 Å². The van der Waals surface area contributed by atoms with Gasteiger partial charge in [0.15, 0.2) is 0 Å². The Kier molecular flexibility index (Phi) is 5.99. The van der Waals surface area contributed by atoms with E-state index in [0.717, 1.165) is 13.7 Å². The fourth-order valence-corrected chi connectivity index (χ4v) is 5.30. The fraction of sp³-hybridized carbons (Fsp3) is 0.136. The molecule has 0 radical (unpaired) electrons. The van der Waals surface area contributed by atoms with Gasteiger partial charge in [0.2, 0.25) is 15.9 Å². The third kappa shape index (κ3) is 4.30. The topological polar surface area (TPSA) is 87.6 Å². The Hall–Kier alpha value is -2.88. The lowest BCUT2D eigenvalue weighted by atomic mass is 10.2. The number of nitrogens with zero attached hydrogens (tertiary/aromatic N) is 3. The van der Waals surface area contributed by atoms with Crippen LogP contribution in [0, 0.1) is 0 Å². The predicted molar refractivity (Wildman–Crippen MR) is 118 cm³/mol. The van der Waals surface area contributed by atoms with Crippen molar-refractivity contribution >= 4 is 43.5 Å². The van der Waals surface area contributed by atoms with E-state index in [2.05, 4.69) is 20.9 Å². The van der Waals surface area contributed by atoms with Crippen LogP contribution in [0.4, 0.5) is 5.69 Å². The number of aromatic nitrogens is 1. The highest BCUT2D eigenvalue weighted by Crippen LogP contribution is 2.30. The molecule has 9 heteroatoms. The smallest absolute Gasteiger partial charge is 0.252 e. The lowest BCUT2D eigenvalue weighted by Crippen LogP contribution is -2.45. The molecule has 0 spiro atoms. The maximum atomic E-state index is 13.5. The average Bonchev–Trinajstić information content (AvgIpc) is 3.07. The second-order valence-corrected chi connectivity index (χ2v) is 9.79. The van der Waals surface area contributed by atoms with Crippen molar-refractivity contribution in [2.45, 2.75) is 23.9 Å². The lowest BCUT2D eigenvalue weighted by molar-refractivity contribution is -0.122. The van der Waals surface area contributed by atoms with E-state index in [9.17, 15) is 18.0 Å². The number of rotatable bonds is 6. The van der Waals surface area contributed by atoms with Crippen molar-refractivity contribution in [2.24, 2.45) is 0 Å². The average molecular weight is 500 g/mol. The number of hydrogen-bond donors (Lipinski definition) is 0. The Morgan fingerprint density at radius 1 is 1.00 bits per heavy atom. The van der Waals surface area contributed by atoms with Crippen LogP contribution in [0.15, 0.2) is 88.5 Å². The molecule has 31 heavy (non-hydrogen) atoms. The van der Waals surface area contributed by atoms with Crippen molar-refractivity contribution in [3.63, 3.8) is 0 Å². The molecule has 2 heterocycles. The minimum Gasteiger partial charge on any atom is -0.274 e. The zero-order chi connectivity index (χ0) is 22.0. The molecule has 0 aliphatic carbocycles. The molecule has 1 fully saturated rings. The van der Waals surface area contributed by atoms with E-state index in [4.69, 9.17) is 0 Å². The number of amides is 2. The number of anilines is 1. The first-order valence-electron chi connectivity index (χ1n) is 9.46. The van der Waals surface area contributed by atoms with Crippen LogP contribution in [0.5, 0.6) is 0 Å². The predicted octanol–water partition coefficient (Wildman–Crippen LogP) is 3.37. The SMILES string of the molecule is O=C1CC(N(Cc2cccnc2)S(=O)(=O)c2ccc(Br)cc2)C(=O)N1c1ccccc1. The molecule has 1 aliphatic heterocycles. The van der Waals surface area contributed by atoms with Crippen LogP contribution in [0.2, 0.25) is 0 Å². The van der Waals surface area contributed by atoms with Gasteiger partial charge in [-0.25, -0.2) is 13.3 Å². The number of imide groups is 1. The summed E-state index contributed by atoms with van der Waals surface area (Å²) in [6, 6.07) is 16.9. The summed E-state index contributed by atoms with van der Waals surface area (Å²) in [6.45, 7) is -0.0848. The molecular formula is C22H18BrN3O4S. The molecule has 1 aliphatic rings. The number of carbonyl (C=O) groups excluding carboxylic acids is 2. The fourth-order valence-electron chi connectivity index (χ4n) is 3.47. The van der Waals surface area contributed by atoms with E-state index in [1.165, 1.54) is 12.1 Å².